The highest BCUT2D eigenvalue weighted by Gasteiger charge is 2.26. The molecular weight excluding hydrogens is 375 g/mol. The molecule has 4 N–H and O–H groups in total. The molecule has 1 aromatic rings. The molecule has 140 valence electrons. The second kappa shape index (κ2) is 11.6. The normalized spacial score (nSPS) is 11.1. The number of pyridine rings is 1. The molecule has 1 rings (SSSR count). The number of nitrogens with zero attached hydrogens (tertiary/aromatic N) is 1. The summed E-state index contributed by atoms with van der Waals surface area (Å²) in [4.78, 5) is 15.8. The third-order valence-electron chi connectivity index (χ3n) is 3.74. The first-order chi connectivity index (χ1) is 10.4. The Morgan fingerprint density at radius 3 is 2.38 bits per heavy atom. The highest BCUT2D eigenvalue weighted by atomic mass is 35.5. The fourth-order valence-electron chi connectivity index (χ4n) is 2.01. The van der Waals surface area contributed by atoms with E-state index in [1.807, 2.05) is 13.8 Å². The molecule has 7 nitrogen and oxygen atoms in total. The number of halogens is 2. The number of rotatable bonds is 9. The Bertz CT molecular complexity index is 573. The maximum absolute atomic E-state index is 12.0. The molecule has 0 aromatic carbocycles. The van der Waals surface area contributed by atoms with Crippen LogP contribution in [0, 0.1) is 0 Å². The number of hydrogen-bond acceptors (Lipinski definition) is 5. The van der Waals surface area contributed by atoms with E-state index in [-0.39, 0.29) is 48.6 Å². The number of carbonyl (C=O) groups excluding carboxylic acids is 1. The Balaban J connectivity index is 0. The van der Waals surface area contributed by atoms with Crippen molar-refractivity contribution in [3.8, 4) is 0 Å². The van der Waals surface area contributed by atoms with Gasteiger partial charge in [-0.2, -0.15) is 0 Å². The lowest BCUT2D eigenvalue weighted by molar-refractivity contribution is -0.122. The molecule has 0 saturated carbocycles. The number of nitrogens with two attached hydrogens (primary N) is 1. The maximum Gasteiger partial charge on any atom is 0.242 e. The lowest BCUT2D eigenvalue weighted by atomic mass is 9.93. The fraction of sp³-hybridized carbons (Fsp3) is 0.571. The largest absolute Gasteiger partial charge is 0.349 e. The van der Waals surface area contributed by atoms with Gasteiger partial charge in [-0.15, -0.1) is 24.8 Å². The number of hydrogen-bond donors (Lipinski definition) is 3. The molecule has 1 amide bonds. The van der Waals surface area contributed by atoms with Crippen LogP contribution in [0.25, 0.3) is 0 Å². The molecule has 0 atom stereocenters. The van der Waals surface area contributed by atoms with Gasteiger partial charge in [0.2, 0.25) is 15.9 Å². The van der Waals surface area contributed by atoms with Crippen molar-refractivity contribution in [3.63, 3.8) is 0 Å². The van der Waals surface area contributed by atoms with Crippen molar-refractivity contribution in [1.29, 1.82) is 0 Å². The molecule has 0 fully saturated rings. The monoisotopic (exact) mass is 400 g/mol. The molecule has 0 spiro atoms. The van der Waals surface area contributed by atoms with Gasteiger partial charge in [0.15, 0.2) is 0 Å². The highest BCUT2D eigenvalue weighted by molar-refractivity contribution is 7.89. The second-order valence-corrected chi connectivity index (χ2v) is 6.84. The van der Waals surface area contributed by atoms with E-state index >= 15 is 0 Å². The van der Waals surface area contributed by atoms with Crippen LogP contribution in [0.4, 0.5) is 0 Å². The van der Waals surface area contributed by atoms with Crippen molar-refractivity contribution in [3.05, 3.63) is 24.5 Å². The predicted octanol–water partition coefficient (Wildman–Crippen LogP) is 1.23. The third-order valence-corrected chi connectivity index (χ3v) is 5.18. The lowest BCUT2D eigenvalue weighted by Gasteiger charge is -2.31. The van der Waals surface area contributed by atoms with Crippen LogP contribution < -0.4 is 15.8 Å². The summed E-state index contributed by atoms with van der Waals surface area (Å²) in [6.45, 7) is 4.30. The maximum atomic E-state index is 12.0. The van der Waals surface area contributed by atoms with Crippen molar-refractivity contribution in [2.24, 2.45) is 5.73 Å². The third kappa shape index (κ3) is 7.31. The summed E-state index contributed by atoms with van der Waals surface area (Å²) in [6, 6.07) is 2.99. The zero-order chi connectivity index (χ0) is 16.6. The van der Waals surface area contributed by atoms with E-state index in [1.165, 1.54) is 18.5 Å². The average Bonchev–Trinajstić information content (AvgIpc) is 2.53. The van der Waals surface area contributed by atoms with Crippen LogP contribution in [0.3, 0.4) is 0 Å². The second-order valence-electron chi connectivity index (χ2n) is 5.08. The predicted molar refractivity (Wildman–Crippen MR) is 99.0 cm³/mol. The Kier molecular flexibility index (Phi) is 12.2. The minimum Gasteiger partial charge on any atom is -0.349 e. The lowest BCUT2D eigenvalue weighted by Crippen LogP contribution is -2.53. The molecule has 0 radical (unpaired) electrons. The number of nitrogens with one attached hydrogen (secondary N) is 2. The van der Waals surface area contributed by atoms with E-state index in [2.05, 4.69) is 15.0 Å². The zero-order valence-corrected chi connectivity index (χ0v) is 16.3. The van der Waals surface area contributed by atoms with E-state index in [9.17, 15) is 13.2 Å². The van der Waals surface area contributed by atoms with E-state index in [0.717, 1.165) is 12.8 Å². The molecule has 0 aliphatic rings. The first-order valence-electron chi connectivity index (χ1n) is 7.30. The summed E-state index contributed by atoms with van der Waals surface area (Å²) in [5.41, 5.74) is 5.30. The van der Waals surface area contributed by atoms with Crippen LogP contribution in [-0.4, -0.2) is 37.9 Å². The van der Waals surface area contributed by atoms with E-state index in [0.29, 0.717) is 6.54 Å². The summed E-state index contributed by atoms with van der Waals surface area (Å²) in [5.74, 6) is -0.219. The standard InChI is InChI=1S/C14H24N4O3S.2ClH/c1-3-14(4-2,11-15)18-13(19)7-9-17-22(20,21)12-6-5-8-16-10-12;;/h5-6,8,10,17H,3-4,7,9,11,15H2,1-2H3,(H,18,19);2*1H. The molecule has 1 heterocycles. The molecule has 0 bridgehead atoms. The van der Waals surface area contributed by atoms with Crippen LogP contribution in [0.2, 0.25) is 0 Å². The van der Waals surface area contributed by atoms with Crippen molar-refractivity contribution in [2.75, 3.05) is 13.1 Å². The minimum atomic E-state index is -3.63. The first kappa shape index (κ1) is 25.3. The molecule has 24 heavy (non-hydrogen) atoms. The molecule has 0 saturated heterocycles. The Morgan fingerprint density at radius 1 is 1.29 bits per heavy atom. The van der Waals surface area contributed by atoms with Crippen molar-refractivity contribution in [2.45, 2.75) is 43.5 Å². The summed E-state index contributed by atoms with van der Waals surface area (Å²) >= 11 is 0. The van der Waals surface area contributed by atoms with Gasteiger partial charge in [-0.1, -0.05) is 13.8 Å². The van der Waals surface area contributed by atoms with Crippen LogP contribution >= 0.6 is 24.8 Å². The van der Waals surface area contributed by atoms with Gasteiger partial charge >= 0.3 is 0 Å². The van der Waals surface area contributed by atoms with Gasteiger partial charge in [-0.05, 0) is 25.0 Å². The Morgan fingerprint density at radius 2 is 1.92 bits per heavy atom. The summed E-state index contributed by atoms with van der Waals surface area (Å²) in [7, 11) is -3.63. The molecule has 0 aliphatic heterocycles. The highest BCUT2D eigenvalue weighted by Crippen LogP contribution is 2.13. The van der Waals surface area contributed by atoms with E-state index < -0.39 is 15.6 Å². The summed E-state index contributed by atoms with van der Waals surface area (Å²) < 4.78 is 26.3. The van der Waals surface area contributed by atoms with E-state index in [4.69, 9.17) is 5.73 Å². The van der Waals surface area contributed by atoms with Gasteiger partial charge < -0.3 is 11.1 Å². The Labute approximate surface area is 156 Å². The number of aromatic nitrogens is 1. The van der Waals surface area contributed by atoms with Crippen molar-refractivity contribution in [1.82, 2.24) is 15.0 Å². The average molecular weight is 401 g/mol. The Hall–Kier alpha value is -0.930. The van der Waals surface area contributed by atoms with Crippen LogP contribution in [0.5, 0.6) is 0 Å². The molecule has 0 aliphatic carbocycles. The van der Waals surface area contributed by atoms with E-state index in [1.54, 1.807) is 6.07 Å². The number of amides is 1. The van der Waals surface area contributed by atoms with Crippen LogP contribution in [0.1, 0.15) is 33.1 Å². The molecule has 0 unspecified atom stereocenters. The minimum absolute atomic E-state index is 0. The molecule has 10 heteroatoms. The van der Waals surface area contributed by atoms with Crippen LogP contribution in [-0.2, 0) is 14.8 Å². The van der Waals surface area contributed by atoms with Gasteiger partial charge in [-0.25, -0.2) is 13.1 Å². The number of sulfonamides is 1. The molecule has 1 aromatic heterocycles. The first-order valence-corrected chi connectivity index (χ1v) is 8.78. The number of carbonyl (C=O) groups is 1. The van der Waals surface area contributed by atoms with Gasteiger partial charge in [-0.3, -0.25) is 9.78 Å². The van der Waals surface area contributed by atoms with Gasteiger partial charge in [0.05, 0.1) is 5.54 Å². The van der Waals surface area contributed by atoms with Crippen molar-refractivity contribution >= 4 is 40.7 Å². The topological polar surface area (TPSA) is 114 Å². The van der Waals surface area contributed by atoms with Crippen molar-refractivity contribution < 1.29 is 13.2 Å². The van der Waals surface area contributed by atoms with Crippen LogP contribution in [0.15, 0.2) is 29.4 Å². The van der Waals surface area contributed by atoms with Gasteiger partial charge in [0.1, 0.15) is 4.90 Å². The zero-order valence-electron chi connectivity index (χ0n) is 13.8. The van der Waals surface area contributed by atoms with Gasteiger partial charge in [0.25, 0.3) is 0 Å². The SMILES string of the molecule is CCC(CC)(CN)NC(=O)CCNS(=O)(=O)c1cccnc1.Cl.Cl. The smallest absolute Gasteiger partial charge is 0.242 e. The van der Waals surface area contributed by atoms with Gasteiger partial charge in [0, 0.05) is 31.9 Å². The quantitative estimate of drug-likeness (QED) is 0.576. The fourth-order valence-corrected chi connectivity index (χ4v) is 3.01. The molecular formula is C14H26Cl2N4O3S. The summed E-state index contributed by atoms with van der Waals surface area (Å²) in [5, 5.41) is 2.89. The summed E-state index contributed by atoms with van der Waals surface area (Å²) in [6.07, 6.45) is 4.27.